The van der Waals surface area contributed by atoms with Crippen molar-refractivity contribution in [2.24, 2.45) is 0 Å². The van der Waals surface area contributed by atoms with Gasteiger partial charge in [0.2, 0.25) is 10.0 Å². The second-order valence-corrected chi connectivity index (χ2v) is 6.00. The Morgan fingerprint density at radius 3 is 3.00 bits per heavy atom. The summed E-state index contributed by atoms with van der Waals surface area (Å²) in [5.41, 5.74) is 0.862. The van der Waals surface area contributed by atoms with Gasteiger partial charge in [0.05, 0.1) is 18.8 Å². The van der Waals surface area contributed by atoms with Gasteiger partial charge in [-0.25, -0.2) is 13.1 Å². The van der Waals surface area contributed by atoms with Crippen LogP contribution < -0.4 is 9.46 Å². The van der Waals surface area contributed by atoms with Crippen molar-refractivity contribution >= 4 is 10.0 Å². The van der Waals surface area contributed by atoms with Gasteiger partial charge < -0.3 is 4.74 Å². The molecule has 1 aliphatic rings. The van der Waals surface area contributed by atoms with E-state index in [0.29, 0.717) is 13.0 Å². The Balaban J connectivity index is 1.90. The smallest absolute Gasteiger partial charge is 0.244 e. The van der Waals surface area contributed by atoms with Crippen molar-refractivity contribution in [3.05, 3.63) is 42.2 Å². The molecular formula is C12H13N3O3S. The van der Waals surface area contributed by atoms with Crippen LogP contribution in [-0.2, 0) is 10.0 Å². The molecule has 7 heteroatoms. The molecule has 6 nitrogen and oxygen atoms in total. The number of rotatable bonds is 3. The van der Waals surface area contributed by atoms with Gasteiger partial charge in [-0.3, -0.25) is 5.10 Å². The largest absolute Gasteiger partial charge is 0.493 e. The minimum absolute atomic E-state index is 0.136. The minimum atomic E-state index is -3.56. The fraction of sp³-hybridized carbons (Fsp3) is 0.250. The van der Waals surface area contributed by atoms with Gasteiger partial charge in [-0.2, -0.15) is 5.10 Å². The molecule has 2 aromatic rings. The number of hydrogen-bond donors (Lipinski definition) is 2. The number of aromatic nitrogens is 2. The van der Waals surface area contributed by atoms with Crippen LogP contribution in [0.5, 0.6) is 5.75 Å². The standard InChI is InChI=1S/C12H13N3O3S/c16-19(17,9-7-13-14-8-9)15-11-5-6-18-12-4-2-1-3-10(11)12/h1-4,7-8,11,15H,5-6H2,(H,13,14). The van der Waals surface area contributed by atoms with Crippen LogP contribution in [0, 0.1) is 0 Å². The molecule has 0 radical (unpaired) electrons. The van der Waals surface area contributed by atoms with E-state index in [1.165, 1.54) is 12.4 Å². The van der Waals surface area contributed by atoms with Crippen LogP contribution in [0.25, 0.3) is 0 Å². The second-order valence-electron chi connectivity index (χ2n) is 4.28. The normalized spacial score (nSPS) is 18.6. The lowest BCUT2D eigenvalue weighted by Gasteiger charge is -2.26. The Bertz CT molecular complexity index is 667. The van der Waals surface area contributed by atoms with E-state index in [1.807, 2.05) is 24.3 Å². The Labute approximate surface area is 110 Å². The molecular weight excluding hydrogens is 266 g/mol. The first-order chi connectivity index (χ1) is 9.17. The van der Waals surface area contributed by atoms with Crippen LogP contribution in [0.2, 0.25) is 0 Å². The van der Waals surface area contributed by atoms with E-state index >= 15 is 0 Å². The Hall–Kier alpha value is -1.86. The summed E-state index contributed by atoms with van der Waals surface area (Å²) >= 11 is 0. The van der Waals surface area contributed by atoms with Crippen LogP contribution in [0.15, 0.2) is 41.6 Å². The number of para-hydroxylation sites is 1. The van der Waals surface area contributed by atoms with Crippen molar-refractivity contribution in [2.45, 2.75) is 17.4 Å². The molecule has 1 unspecified atom stereocenters. The maximum Gasteiger partial charge on any atom is 0.244 e. The summed E-state index contributed by atoms with van der Waals surface area (Å²) in [6.45, 7) is 0.496. The number of nitrogens with zero attached hydrogens (tertiary/aromatic N) is 1. The van der Waals surface area contributed by atoms with Crippen molar-refractivity contribution < 1.29 is 13.2 Å². The van der Waals surface area contributed by atoms with Crippen LogP contribution in [-0.4, -0.2) is 25.2 Å². The van der Waals surface area contributed by atoms with Gasteiger partial charge in [-0.15, -0.1) is 0 Å². The van der Waals surface area contributed by atoms with Gasteiger partial charge in [0.25, 0.3) is 0 Å². The second kappa shape index (κ2) is 4.67. The maximum absolute atomic E-state index is 12.2. The average Bonchev–Trinajstić information content (AvgIpc) is 2.93. The van der Waals surface area contributed by atoms with E-state index in [-0.39, 0.29) is 10.9 Å². The van der Waals surface area contributed by atoms with E-state index in [2.05, 4.69) is 14.9 Å². The highest BCUT2D eigenvalue weighted by Crippen LogP contribution is 2.32. The summed E-state index contributed by atoms with van der Waals surface area (Å²) in [5.74, 6) is 0.730. The highest BCUT2D eigenvalue weighted by Gasteiger charge is 2.26. The number of sulfonamides is 1. The van der Waals surface area contributed by atoms with Crippen molar-refractivity contribution in [2.75, 3.05) is 6.61 Å². The molecule has 1 aliphatic heterocycles. The summed E-state index contributed by atoms with van der Waals surface area (Å²) in [4.78, 5) is 0.136. The molecule has 1 atom stereocenters. The molecule has 0 bridgehead atoms. The predicted molar refractivity (Wildman–Crippen MR) is 68.2 cm³/mol. The Morgan fingerprint density at radius 2 is 2.21 bits per heavy atom. The highest BCUT2D eigenvalue weighted by molar-refractivity contribution is 7.89. The third-order valence-electron chi connectivity index (χ3n) is 3.04. The Kier molecular flexibility index (Phi) is 3.00. The number of aromatic amines is 1. The molecule has 0 amide bonds. The van der Waals surface area contributed by atoms with Gasteiger partial charge in [0.1, 0.15) is 10.6 Å². The molecule has 0 saturated heterocycles. The van der Waals surface area contributed by atoms with E-state index in [0.717, 1.165) is 11.3 Å². The summed E-state index contributed by atoms with van der Waals surface area (Å²) in [7, 11) is -3.56. The third-order valence-corrected chi connectivity index (χ3v) is 4.48. The summed E-state index contributed by atoms with van der Waals surface area (Å²) in [6, 6.07) is 7.17. The molecule has 1 aromatic heterocycles. The van der Waals surface area contributed by atoms with Crippen LogP contribution in [0.3, 0.4) is 0 Å². The first-order valence-corrected chi connectivity index (χ1v) is 7.38. The van der Waals surface area contributed by atoms with Crippen LogP contribution in [0.1, 0.15) is 18.0 Å². The van der Waals surface area contributed by atoms with Crippen molar-refractivity contribution in [1.82, 2.24) is 14.9 Å². The number of benzene rings is 1. The fourth-order valence-electron chi connectivity index (χ4n) is 2.11. The van der Waals surface area contributed by atoms with Gasteiger partial charge in [0.15, 0.2) is 0 Å². The molecule has 100 valence electrons. The molecule has 2 heterocycles. The zero-order chi connectivity index (χ0) is 13.3. The number of ether oxygens (including phenoxy) is 1. The van der Waals surface area contributed by atoms with E-state index in [4.69, 9.17) is 4.74 Å². The average molecular weight is 279 g/mol. The van der Waals surface area contributed by atoms with E-state index < -0.39 is 10.0 Å². The quantitative estimate of drug-likeness (QED) is 0.884. The molecule has 3 rings (SSSR count). The minimum Gasteiger partial charge on any atom is -0.493 e. The topological polar surface area (TPSA) is 84.1 Å². The molecule has 0 saturated carbocycles. The first-order valence-electron chi connectivity index (χ1n) is 5.90. The molecule has 1 aromatic carbocycles. The Morgan fingerprint density at radius 1 is 1.37 bits per heavy atom. The van der Waals surface area contributed by atoms with E-state index in [1.54, 1.807) is 0 Å². The SMILES string of the molecule is O=S(=O)(NC1CCOc2ccccc21)c1cn[nH]c1. The number of hydrogen-bond acceptors (Lipinski definition) is 4. The maximum atomic E-state index is 12.2. The lowest BCUT2D eigenvalue weighted by molar-refractivity contribution is 0.263. The summed E-state index contributed by atoms with van der Waals surface area (Å²) < 4.78 is 32.5. The predicted octanol–water partition coefficient (Wildman–Crippen LogP) is 1.21. The van der Waals surface area contributed by atoms with Gasteiger partial charge in [-0.1, -0.05) is 18.2 Å². The zero-order valence-electron chi connectivity index (χ0n) is 10.0. The lowest BCUT2D eigenvalue weighted by atomic mass is 10.0. The fourth-order valence-corrected chi connectivity index (χ4v) is 3.26. The third kappa shape index (κ3) is 2.34. The molecule has 0 aliphatic carbocycles. The molecule has 0 spiro atoms. The van der Waals surface area contributed by atoms with Crippen molar-refractivity contribution in [1.29, 1.82) is 0 Å². The summed E-state index contributed by atoms with van der Waals surface area (Å²) in [6.07, 6.45) is 3.25. The van der Waals surface area contributed by atoms with Crippen molar-refractivity contribution in [3.8, 4) is 5.75 Å². The molecule has 19 heavy (non-hydrogen) atoms. The summed E-state index contributed by atoms with van der Waals surface area (Å²) in [5, 5.41) is 6.16. The lowest BCUT2D eigenvalue weighted by Crippen LogP contribution is -2.32. The number of nitrogens with one attached hydrogen (secondary N) is 2. The van der Waals surface area contributed by atoms with Crippen LogP contribution in [0.4, 0.5) is 0 Å². The highest BCUT2D eigenvalue weighted by atomic mass is 32.2. The van der Waals surface area contributed by atoms with Crippen molar-refractivity contribution in [3.63, 3.8) is 0 Å². The number of H-pyrrole nitrogens is 1. The van der Waals surface area contributed by atoms with Crippen LogP contribution >= 0.6 is 0 Å². The first kappa shape index (κ1) is 12.2. The van der Waals surface area contributed by atoms with Gasteiger partial charge >= 0.3 is 0 Å². The van der Waals surface area contributed by atoms with E-state index in [9.17, 15) is 8.42 Å². The monoisotopic (exact) mass is 279 g/mol. The molecule has 0 fully saturated rings. The number of fused-ring (bicyclic) bond motifs is 1. The molecule has 2 N–H and O–H groups in total. The zero-order valence-corrected chi connectivity index (χ0v) is 10.9. The van der Waals surface area contributed by atoms with Gasteiger partial charge in [-0.05, 0) is 6.07 Å². The van der Waals surface area contributed by atoms with Gasteiger partial charge in [0, 0.05) is 18.2 Å².